The molecule has 1 aromatic heterocycles. The normalized spacial score (nSPS) is 21.3. The first-order chi connectivity index (χ1) is 13.3. The van der Waals surface area contributed by atoms with E-state index in [1.165, 1.54) is 62.7 Å². The average molecular weight is 366 g/mol. The van der Waals surface area contributed by atoms with Gasteiger partial charge in [-0.3, -0.25) is 4.90 Å². The van der Waals surface area contributed by atoms with E-state index in [-0.39, 0.29) is 0 Å². The van der Waals surface area contributed by atoms with Gasteiger partial charge in [0.15, 0.2) is 0 Å². The van der Waals surface area contributed by atoms with Gasteiger partial charge in [0.05, 0.1) is 18.8 Å². The van der Waals surface area contributed by atoms with E-state index in [1.807, 2.05) is 12.1 Å². The molecule has 0 radical (unpaired) electrons. The molecule has 1 aromatic carbocycles. The highest BCUT2D eigenvalue weighted by Gasteiger charge is 2.33. The van der Waals surface area contributed by atoms with Gasteiger partial charge in [-0.25, -0.2) is 4.98 Å². The highest BCUT2D eigenvalue weighted by Crippen LogP contribution is 2.37. The van der Waals surface area contributed by atoms with Gasteiger partial charge < -0.3 is 10.1 Å². The molecule has 1 atom stereocenters. The maximum absolute atomic E-state index is 5.23. The number of nitrogens with one attached hydrogen (secondary N) is 1. The molecule has 4 rings (SSSR count). The Hall–Kier alpha value is -2.07. The molecule has 2 aromatic rings. The summed E-state index contributed by atoms with van der Waals surface area (Å²) in [6.45, 7) is 2.01. The molecule has 0 amide bonds. The van der Waals surface area contributed by atoms with Crippen LogP contribution >= 0.6 is 0 Å². The third-order valence-electron chi connectivity index (χ3n) is 6.08. The fourth-order valence-corrected chi connectivity index (χ4v) is 4.63. The zero-order valence-electron chi connectivity index (χ0n) is 16.4. The summed E-state index contributed by atoms with van der Waals surface area (Å²) in [6, 6.07) is 15.9. The van der Waals surface area contributed by atoms with Crippen LogP contribution < -0.4 is 10.1 Å². The second-order valence-electron chi connectivity index (χ2n) is 7.84. The van der Waals surface area contributed by atoms with Gasteiger partial charge in [-0.1, -0.05) is 37.5 Å². The van der Waals surface area contributed by atoms with Crippen molar-refractivity contribution < 1.29 is 4.74 Å². The van der Waals surface area contributed by atoms with Crippen LogP contribution in [0.3, 0.4) is 0 Å². The summed E-state index contributed by atoms with van der Waals surface area (Å²) in [4.78, 5) is 7.72. The van der Waals surface area contributed by atoms with Gasteiger partial charge in [0.1, 0.15) is 11.6 Å². The number of anilines is 1. The van der Waals surface area contributed by atoms with Crippen molar-refractivity contribution >= 4 is 5.82 Å². The lowest BCUT2D eigenvalue weighted by molar-refractivity contribution is 0.140. The van der Waals surface area contributed by atoms with Crippen molar-refractivity contribution in [1.82, 2.24) is 9.88 Å². The topological polar surface area (TPSA) is 37.4 Å². The standard InChI is InChI=1S/C23H31N3O/c1-27-20-14-12-18(13-15-20)17-24-23-11-5-9-21(25-23)22-10-6-16-26(22)19-7-3-2-4-8-19/h5,9,11-15,19,22H,2-4,6-8,10,16-17H2,1H3,(H,24,25). The molecule has 27 heavy (non-hydrogen) atoms. The van der Waals surface area contributed by atoms with Crippen LogP contribution in [0.25, 0.3) is 0 Å². The lowest BCUT2D eigenvalue weighted by atomic mass is 9.93. The van der Waals surface area contributed by atoms with Crippen molar-refractivity contribution in [3.05, 3.63) is 53.7 Å². The Balaban J connectivity index is 1.41. The number of aromatic nitrogens is 1. The minimum absolute atomic E-state index is 0.496. The van der Waals surface area contributed by atoms with Crippen molar-refractivity contribution in [3.8, 4) is 5.75 Å². The Morgan fingerprint density at radius 3 is 2.59 bits per heavy atom. The van der Waals surface area contributed by atoms with Gasteiger partial charge in [-0.05, 0) is 62.1 Å². The first kappa shape index (κ1) is 18.3. The minimum atomic E-state index is 0.496. The SMILES string of the molecule is COc1ccc(CNc2cccc(C3CCCN3C3CCCCC3)n2)cc1. The number of rotatable bonds is 6. The van der Waals surface area contributed by atoms with E-state index in [2.05, 4.69) is 40.5 Å². The lowest BCUT2D eigenvalue weighted by Crippen LogP contribution is -2.36. The molecular weight excluding hydrogens is 334 g/mol. The van der Waals surface area contributed by atoms with Crippen LogP contribution in [0.1, 0.15) is 62.2 Å². The molecule has 4 heteroatoms. The molecule has 0 bridgehead atoms. The summed E-state index contributed by atoms with van der Waals surface area (Å²) < 4.78 is 5.23. The van der Waals surface area contributed by atoms with Crippen LogP contribution in [-0.4, -0.2) is 29.6 Å². The van der Waals surface area contributed by atoms with Crippen molar-refractivity contribution in [3.63, 3.8) is 0 Å². The molecule has 2 aliphatic rings. The molecule has 4 nitrogen and oxygen atoms in total. The van der Waals surface area contributed by atoms with Crippen LogP contribution in [0, 0.1) is 0 Å². The maximum Gasteiger partial charge on any atom is 0.126 e. The first-order valence-electron chi connectivity index (χ1n) is 10.4. The van der Waals surface area contributed by atoms with Crippen molar-refractivity contribution in [1.29, 1.82) is 0 Å². The van der Waals surface area contributed by atoms with Crippen LogP contribution in [0.2, 0.25) is 0 Å². The first-order valence-corrected chi connectivity index (χ1v) is 10.4. The number of ether oxygens (including phenoxy) is 1. The molecule has 1 N–H and O–H groups in total. The average Bonchev–Trinajstić information content (AvgIpc) is 3.23. The monoisotopic (exact) mass is 365 g/mol. The van der Waals surface area contributed by atoms with E-state index < -0.39 is 0 Å². The Bertz CT molecular complexity index is 725. The molecule has 1 saturated carbocycles. The second kappa shape index (κ2) is 8.75. The zero-order valence-corrected chi connectivity index (χ0v) is 16.4. The van der Waals surface area contributed by atoms with E-state index in [9.17, 15) is 0 Å². The number of hydrogen-bond acceptors (Lipinski definition) is 4. The predicted octanol–water partition coefficient (Wildman–Crippen LogP) is 5.17. The summed E-state index contributed by atoms with van der Waals surface area (Å²) in [6.07, 6.45) is 9.48. The van der Waals surface area contributed by atoms with Crippen molar-refractivity contribution in [2.24, 2.45) is 0 Å². The number of pyridine rings is 1. The molecule has 1 saturated heterocycles. The van der Waals surface area contributed by atoms with E-state index >= 15 is 0 Å². The molecule has 0 spiro atoms. The lowest BCUT2D eigenvalue weighted by Gasteiger charge is -2.35. The summed E-state index contributed by atoms with van der Waals surface area (Å²) in [5.41, 5.74) is 2.46. The summed E-state index contributed by atoms with van der Waals surface area (Å²) in [5, 5.41) is 3.49. The number of likely N-dealkylation sites (tertiary alicyclic amines) is 1. The van der Waals surface area contributed by atoms with Crippen LogP contribution in [0.4, 0.5) is 5.82 Å². The van der Waals surface area contributed by atoms with Gasteiger partial charge >= 0.3 is 0 Å². The van der Waals surface area contributed by atoms with Gasteiger partial charge in [0.25, 0.3) is 0 Å². The molecule has 1 aliphatic carbocycles. The Morgan fingerprint density at radius 2 is 1.81 bits per heavy atom. The molecule has 144 valence electrons. The number of nitrogens with zero attached hydrogens (tertiary/aromatic N) is 2. The third kappa shape index (κ3) is 4.44. The fourth-order valence-electron chi connectivity index (χ4n) is 4.63. The summed E-state index contributed by atoms with van der Waals surface area (Å²) >= 11 is 0. The molecular formula is C23H31N3O. The van der Waals surface area contributed by atoms with E-state index in [0.717, 1.165) is 24.2 Å². The van der Waals surface area contributed by atoms with Gasteiger partial charge in [0.2, 0.25) is 0 Å². The van der Waals surface area contributed by atoms with E-state index in [1.54, 1.807) is 7.11 Å². The molecule has 2 fully saturated rings. The van der Waals surface area contributed by atoms with Gasteiger partial charge in [0, 0.05) is 12.6 Å². The summed E-state index contributed by atoms with van der Waals surface area (Å²) in [7, 11) is 1.70. The smallest absolute Gasteiger partial charge is 0.126 e. The van der Waals surface area contributed by atoms with Crippen LogP contribution in [-0.2, 0) is 6.54 Å². The van der Waals surface area contributed by atoms with E-state index in [4.69, 9.17) is 9.72 Å². The Labute approximate surface area is 162 Å². The number of hydrogen-bond donors (Lipinski definition) is 1. The number of benzene rings is 1. The minimum Gasteiger partial charge on any atom is -0.497 e. The molecule has 1 aliphatic heterocycles. The Morgan fingerprint density at radius 1 is 1.00 bits per heavy atom. The summed E-state index contributed by atoms with van der Waals surface area (Å²) in [5.74, 6) is 1.86. The highest BCUT2D eigenvalue weighted by atomic mass is 16.5. The maximum atomic E-state index is 5.23. The second-order valence-corrected chi connectivity index (χ2v) is 7.84. The quantitative estimate of drug-likeness (QED) is 0.766. The molecule has 2 heterocycles. The van der Waals surface area contributed by atoms with Crippen LogP contribution in [0.5, 0.6) is 5.75 Å². The largest absolute Gasteiger partial charge is 0.497 e. The van der Waals surface area contributed by atoms with Gasteiger partial charge in [-0.15, -0.1) is 0 Å². The van der Waals surface area contributed by atoms with Crippen LogP contribution in [0.15, 0.2) is 42.5 Å². The fraction of sp³-hybridized carbons (Fsp3) is 0.522. The van der Waals surface area contributed by atoms with Gasteiger partial charge in [-0.2, -0.15) is 0 Å². The third-order valence-corrected chi connectivity index (χ3v) is 6.08. The highest BCUT2D eigenvalue weighted by molar-refractivity contribution is 5.38. The predicted molar refractivity (Wildman–Crippen MR) is 110 cm³/mol. The Kier molecular flexibility index (Phi) is 5.93. The van der Waals surface area contributed by atoms with Crippen molar-refractivity contribution in [2.75, 3.05) is 19.0 Å². The van der Waals surface area contributed by atoms with Crippen molar-refractivity contribution in [2.45, 2.75) is 63.6 Å². The number of methoxy groups -OCH3 is 1. The van der Waals surface area contributed by atoms with E-state index in [0.29, 0.717) is 6.04 Å². The molecule has 1 unspecified atom stereocenters. The zero-order chi connectivity index (χ0) is 18.5.